The average molecular weight is 284 g/mol. The largest absolute Gasteiger partial charge is 0.379 e. The van der Waals surface area contributed by atoms with Crippen LogP contribution in [-0.4, -0.2) is 5.17 Å². The Bertz CT molecular complexity index is 579. The summed E-state index contributed by atoms with van der Waals surface area (Å²) in [7, 11) is 0. The maximum absolute atomic E-state index is 7.64. The van der Waals surface area contributed by atoms with Crippen LogP contribution < -0.4 is 5.73 Å². The lowest BCUT2D eigenvalue weighted by Gasteiger charge is -2.21. The van der Waals surface area contributed by atoms with Crippen LogP contribution in [0.4, 0.5) is 0 Å². The van der Waals surface area contributed by atoms with E-state index >= 15 is 0 Å². The molecule has 0 aromatic heterocycles. The van der Waals surface area contributed by atoms with Gasteiger partial charge in [-0.3, -0.25) is 5.41 Å². The number of hydrogen-bond donors (Lipinski definition) is 2. The zero-order chi connectivity index (χ0) is 14.5. The monoisotopic (exact) mass is 284 g/mol. The molecule has 0 aliphatic carbocycles. The van der Waals surface area contributed by atoms with Crippen molar-refractivity contribution < 1.29 is 0 Å². The first-order chi connectivity index (χ1) is 9.59. The molecule has 1 unspecified atom stereocenters. The van der Waals surface area contributed by atoms with Gasteiger partial charge in [0, 0.05) is 0 Å². The molecule has 0 aliphatic heterocycles. The number of nitrogens with one attached hydrogen (secondary N) is 1. The minimum absolute atomic E-state index is 0.0762. The van der Waals surface area contributed by atoms with Crippen LogP contribution in [-0.2, 0) is 0 Å². The molecule has 2 nitrogen and oxygen atoms in total. The van der Waals surface area contributed by atoms with Crippen LogP contribution in [0, 0.1) is 5.41 Å². The molecule has 20 heavy (non-hydrogen) atoms. The summed E-state index contributed by atoms with van der Waals surface area (Å²) in [5.74, 6) is 0.449. The van der Waals surface area contributed by atoms with Crippen LogP contribution in [0.5, 0.6) is 0 Å². The summed E-state index contributed by atoms with van der Waals surface area (Å²) in [6, 6.07) is 18.7. The fraction of sp³-hybridized carbons (Fsp3) is 0.235. The van der Waals surface area contributed by atoms with Gasteiger partial charge in [-0.1, -0.05) is 80.2 Å². The number of amidine groups is 1. The second kappa shape index (κ2) is 6.62. The molecule has 0 aliphatic rings. The van der Waals surface area contributed by atoms with Crippen LogP contribution in [0.3, 0.4) is 0 Å². The summed E-state index contributed by atoms with van der Waals surface area (Å²) in [6.45, 7) is 4.39. The molecule has 0 radical (unpaired) electrons. The second-order valence-electron chi connectivity index (χ2n) is 5.06. The van der Waals surface area contributed by atoms with Crippen LogP contribution in [0.1, 0.15) is 41.7 Å². The Kier molecular flexibility index (Phi) is 4.85. The quantitative estimate of drug-likeness (QED) is 0.640. The van der Waals surface area contributed by atoms with Gasteiger partial charge in [-0.15, -0.1) is 0 Å². The van der Waals surface area contributed by atoms with Gasteiger partial charge in [0.2, 0.25) is 0 Å². The van der Waals surface area contributed by atoms with Gasteiger partial charge in [0.15, 0.2) is 5.17 Å². The van der Waals surface area contributed by atoms with Crippen molar-refractivity contribution in [2.45, 2.75) is 25.0 Å². The molecule has 0 bridgehead atoms. The van der Waals surface area contributed by atoms with Crippen molar-refractivity contribution in [2.24, 2.45) is 5.73 Å². The fourth-order valence-corrected chi connectivity index (χ4v) is 3.23. The Labute approximate surface area is 124 Å². The molecule has 3 N–H and O–H groups in total. The highest BCUT2D eigenvalue weighted by Crippen LogP contribution is 2.38. The van der Waals surface area contributed by atoms with Crippen molar-refractivity contribution in [1.29, 1.82) is 5.41 Å². The highest BCUT2D eigenvalue weighted by Gasteiger charge is 2.20. The zero-order valence-corrected chi connectivity index (χ0v) is 12.7. The second-order valence-corrected chi connectivity index (χ2v) is 6.20. The first kappa shape index (κ1) is 14.7. The van der Waals surface area contributed by atoms with Crippen molar-refractivity contribution in [1.82, 2.24) is 0 Å². The van der Waals surface area contributed by atoms with E-state index in [0.29, 0.717) is 5.92 Å². The summed E-state index contributed by atoms with van der Waals surface area (Å²) < 4.78 is 0. The minimum Gasteiger partial charge on any atom is -0.379 e. The van der Waals surface area contributed by atoms with Crippen molar-refractivity contribution in [3.63, 3.8) is 0 Å². The van der Waals surface area contributed by atoms with Gasteiger partial charge in [0.1, 0.15) is 0 Å². The maximum atomic E-state index is 7.64. The molecule has 2 rings (SSSR count). The molecule has 0 spiro atoms. The lowest BCUT2D eigenvalue weighted by atomic mass is 9.93. The van der Waals surface area contributed by atoms with Gasteiger partial charge in [-0.25, -0.2) is 0 Å². The summed E-state index contributed by atoms with van der Waals surface area (Å²) in [6.07, 6.45) is 0. The average Bonchev–Trinajstić information content (AvgIpc) is 2.45. The number of thioether (sulfide) groups is 1. The third kappa shape index (κ3) is 3.42. The molecule has 0 fully saturated rings. The molecule has 104 valence electrons. The summed E-state index contributed by atoms with van der Waals surface area (Å²) in [4.78, 5) is 0. The topological polar surface area (TPSA) is 49.9 Å². The van der Waals surface area contributed by atoms with Crippen molar-refractivity contribution in [2.75, 3.05) is 0 Å². The molecule has 1 atom stereocenters. The molecule has 3 heteroatoms. The van der Waals surface area contributed by atoms with E-state index in [9.17, 15) is 0 Å². The van der Waals surface area contributed by atoms with Crippen molar-refractivity contribution >= 4 is 16.9 Å². The van der Waals surface area contributed by atoms with Gasteiger partial charge >= 0.3 is 0 Å². The molecule has 0 heterocycles. The Morgan fingerprint density at radius 3 is 2.05 bits per heavy atom. The smallest absolute Gasteiger partial charge is 0.151 e. The van der Waals surface area contributed by atoms with Gasteiger partial charge < -0.3 is 5.73 Å². The van der Waals surface area contributed by atoms with Crippen LogP contribution in [0.25, 0.3) is 0 Å². The third-order valence-corrected chi connectivity index (χ3v) is 4.26. The van der Waals surface area contributed by atoms with E-state index in [1.807, 2.05) is 18.2 Å². The van der Waals surface area contributed by atoms with Crippen molar-refractivity contribution in [3.8, 4) is 0 Å². The molecule has 0 saturated heterocycles. The summed E-state index contributed by atoms with van der Waals surface area (Å²) in [5.41, 5.74) is 9.38. The van der Waals surface area contributed by atoms with Gasteiger partial charge in [-0.05, 0) is 22.6 Å². The lowest BCUT2D eigenvalue weighted by Crippen LogP contribution is -2.10. The van der Waals surface area contributed by atoms with E-state index in [0.717, 1.165) is 0 Å². The molecular weight excluding hydrogens is 264 g/mol. The van der Waals surface area contributed by atoms with Crippen molar-refractivity contribution in [3.05, 3.63) is 71.3 Å². The highest BCUT2D eigenvalue weighted by molar-refractivity contribution is 8.14. The summed E-state index contributed by atoms with van der Waals surface area (Å²) in [5, 5.41) is 7.87. The number of benzene rings is 2. The third-order valence-electron chi connectivity index (χ3n) is 3.25. The molecular formula is C17H20N2S. The van der Waals surface area contributed by atoms with Gasteiger partial charge in [-0.2, -0.15) is 0 Å². The number of hydrogen-bond acceptors (Lipinski definition) is 2. The Morgan fingerprint density at radius 2 is 1.50 bits per heavy atom. The minimum atomic E-state index is 0.0762. The van der Waals surface area contributed by atoms with Gasteiger partial charge in [0.25, 0.3) is 0 Å². The van der Waals surface area contributed by atoms with Crippen LogP contribution in [0.2, 0.25) is 0 Å². The SMILES string of the molecule is CC(C)c1ccccc1C(SC(=N)N)c1ccccc1. The number of nitrogens with two attached hydrogens (primary N) is 1. The predicted octanol–water partition coefficient (Wildman–Crippen LogP) is 4.53. The normalized spacial score (nSPS) is 12.3. The van der Waals surface area contributed by atoms with E-state index in [2.05, 4.69) is 50.2 Å². The van der Waals surface area contributed by atoms with E-state index in [1.165, 1.54) is 28.5 Å². The van der Waals surface area contributed by atoms with Crippen LogP contribution >= 0.6 is 11.8 Å². The zero-order valence-electron chi connectivity index (χ0n) is 11.8. The standard InChI is InChI=1S/C17H20N2S/c1-12(2)14-10-6-7-11-15(14)16(20-17(18)19)13-8-4-3-5-9-13/h3-12,16H,1-2H3,(H3,18,19). The Morgan fingerprint density at radius 1 is 0.950 bits per heavy atom. The maximum Gasteiger partial charge on any atom is 0.151 e. The molecule has 2 aromatic carbocycles. The van der Waals surface area contributed by atoms with E-state index < -0.39 is 0 Å². The van der Waals surface area contributed by atoms with Crippen LogP contribution in [0.15, 0.2) is 54.6 Å². The molecule has 0 amide bonds. The van der Waals surface area contributed by atoms with Gasteiger partial charge in [0.05, 0.1) is 5.25 Å². The molecule has 2 aromatic rings. The first-order valence-electron chi connectivity index (χ1n) is 6.74. The highest BCUT2D eigenvalue weighted by atomic mass is 32.2. The van der Waals surface area contributed by atoms with E-state index in [1.54, 1.807) is 0 Å². The Balaban J connectivity index is 2.50. The summed E-state index contributed by atoms with van der Waals surface area (Å²) >= 11 is 1.40. The van der Waals surface area contributed by atoms with E-state index in [4.69, 9.17) is 11.1 Å². The van der Waals surface area contributed by atoms with E-state index in [-0.39, 0.29) is 10.4 Å². The first-order valence-corrected chi connectivity index (χ1v) is 7.62. The fourth-order valence-electron chi connectivity index (χ4n) is 2.34. The lowest BCUT2D eigenvalue weighted by molar-refractivity contribution is 0.846. The molecule has 0 saturated carbocycles. The Hall–Kier alpha value is -1.74. The predicted molar refractivity (Wildman–Crippen MR) is 88.3 cm³/mol. The number of rotatable bonds is 4.